The molecule has 32 heavy (non-hydrogen) atoms. The van der Waals surface area contributed by atoms with Crippen LogP contribution in [0.5, 0.6) is 0 Å². The number of nitrogens with zero attached hydrogens (tertiary/aromatic N) is 1. The Morgan fingerprint density at radius 1 is 0.594 bits per heavy atom. The molecule has 6 aromatic rings. The van der Waals surface area contributed by atoms with Gasteiger partial charge in [-0.15, -0.1) is 0 Å². The lowest BCUT2D eigenvalue weighted by atomic mass is 9.97. The van der Waals surface area contributed by atoms with E-state index in [-0.39, 0.29) is 5.82 Å². The fourth-order valence-electron chi connectivity index (χ4n) is 4.32. The van der Waals surface area contributed by atoms with Gasteiger partial charge in [0.2, 0.25) is 0 Å². The number of halogens is 1. The highest BCUT2D eigenvalue weighted by molar-refractivity contribution is 6.13. The number of furan rings is 1. The number of fused-ring (bicyclic) bond motifs is 3. The summed E-state index contributed by atoms with van der Waals surface area (Å²) < 4.78 is 21.6. The number of aromatic nitrogens is 1. The predicted molar refractivity (Wildman–Crippen MR) is 128 cm³/mol. The van der Waals surface area contributed by atoms with E-state index < -0.39 is 0 Å². The number of para-hydroxylation sites is 1. The minimum Gasteiger partial charge on any atom is -0.455 e. The Morgan fingerprint density at radius 3 is 2.19 bits per heavy atom. The van der Waals surface area contributed by atoms with Crippen LogP contribution in [0.4, 0.5) is 4.39 Å². The van der Waals surface area contributed by atoms with E-state index in [0.29, 0.717) is 16.7 Å². The lowest BCUT2D eigenvalue weighted by Gasteiger charge is -2.08. The third-order valence-corrected chi connectivity index (χ3v) is 5.82. The third-order valence-electron chi connectivity index (χ3n) is 5.82. The molecule has 0 saturated carbocycles. The molecule has 2 aromatic heterocycles. The molecule has 3 heteroatoms. The van der Waals surface area contributed by atoms with Crippen LogP contribution in [0.3, 0.4) is 0 Å². The second-order valence-electron chi connectivity index (χ2n) is 7.75. The number of hydrogen-bond acceptors (Lipinski definition) is 2. The van der Waals surface area contributed by atoms with Crippen LogP contribution < -0.4 is 0 Å². The van der Waals surface area contributed by atoms with Gasteiger partial charge >= 0.3 is 0 Å². The van der Waals surface area contributed by atoms with Crippen molar-refractivity contribution < 1.29 is 8.81 Å². The van der Waals surface area contributed by atoms with Gasteiger partial charge in [-0.3, -0.25) is 4.98 Å². The summed E-state index contributed by atoms with van der Waals surface area (Å²) in [4.78, 5) is 4.48. The van der Waals surface area contributed by atoms with Crippen molar-refractivity contribution in [2.24, 2.45) is 0 Å². The highest BCUT2D eigenvalue weighted by Crippen LogP contribution is 2.41. The van der Waals surface area contributed by atoms with Crippen molar-refractivity contribution in [3.8, 4) is 33.5 Å². The molecule has 0 unspecified atom stereocenters. The van der Waals surface area contributed by atoms with E-state index >= 15 is 4.39 Å². The molecule has 2 heterocycles. The van der Waals surface area contributed by atoms with Crippen molar-refractivity contribution in [2.75, 3.05) is 0 Å². The molecule has 0 atom stereocenters. The van der Waals surface area contributed by atoms with Gasteiger partial charge in [-0.2, -0.15) is 0 Å². The Balaban J connectivity index is 1.61. The average Bonchev–Trinajstić information content (AvgIpc) is 3.24. The fraction of sp³-hybridized carbons (Fsp3) is 0. The summed E-state index contributed by atoms with van der Waals surface area (Å²) in [7, 11) is 0. The topological polar surface area (TPSA) is 26.0 Å². The average molecular weight is 415 g/mol. The molecular formula is C29H18FNO. The van der Waals surface area contributed by atoms with E-state index in [9.17, 15) is 0 Å². The molecule has 6 rings (SSSR count). The molecule has 0 saturated heterocycles. The fourth-order valence-corrected chi connectivity index (χ4v) is 4.32. The predicted octanol–water partition coefficient (Wildman–Crippen LogP) is 8.12. The van der Waals surface area contributed by atoms with E-state index in [1.807, 2.05) is 78.9 Å². The van der Waals surface area contributed by atoms with Crippen LogP contribution in [0.15, 0.2) is 114 Å². The van der Waals surface area contributed by atoms with E-state index in [4.69, 9.17) is 4.42 Å². The van der Waals surface area contributed by atoms with Crippen molar-refractivity contribution in [1.82, 2.24) is 4.98 Å². The summed E-state index contributed by atoms with van der Waals surface area (Å²) in [5.74, 6) is -0.304. The monoisotopic (exact) mass is 415 g/mol. The van der Waals surface area contributed by atoms with Crippen molar-refractivity contribution in [3.05, 3.63) is 115 Å². The van der Waals surface area contributed by atoms with Crippen LogP contribution in [0, 0.1) is 5.82 Å². The van der Waals surface area contributed by atoms with E-state index in [1.54, 1.807) is 12.3 Å². The van der Waals surface area contributed by atoms with E-state index in [0.717, 1.165) is 38.7 Å². The number of rotatable bonds is 3. The zero-order chi connectivity index (χ0) is 21.5. The standard InChI is InChI=1S/C29H18FNO/c30-25-16-15-23-22-12-7-13-24(26-14-4-5-17-31-26)28(22)32-29(23)27(25)21-11-6-10-20(18-21)19-8-2-1-3-9-19/h1-18H. The van der Waals surface area contributed by atoms with E-state index in [2.05, 4.69) is 17.1 Å². The molecule has 0 fully saturated rings. The van der Waals surface area contributed by atoms with Crippen molar-refractivity contribution in [3.63, 3.8) is 0 Å². The molecule has 2 nitrogen and oxygen atoms in total. The second kappa shape index (κ2) is 7.47. The van der Waals surface area contributed by atoms with Crippen molar-refractivity contribution >= 4 is 21.9 Å². The summed E-state index contributed by atoms with van der Waals surface area (Å²) in [6.45, 7) is 0. The quantitative estimate of drug-likeness (QED) is 0.292. The van der Waals surface area contributed by atoms with Gasteiger partial charge in [0.05, 0.1) is 11.3 Å². The van der Waals surface area contributed by atoms with Crippen LogP contribution in [-0.2, 0) is 0 Å². The summed E-state index contributed by atoms with van der Waals surface area (Å²) in [6.07, 6.45) is 1.76. The Hall–Kier alpha value is -4.24. The Morgan fingerprint density at radius 2 is 1.34 bits per heavy atom. The van der Waals surface area contributed by atoms with Crippen LogP contribution in [-0.4, -0.2) is 4.98 Å². The molecule has 0 radical (unpaired) electrons. The van der Waals surface area contributed by atoms with Gasteiger partial charge in [0.25, 0.3) is 0 Å². The molecule has 0 spiro atoms. The third kappa shape index (κ3) is 2.98. The summed E-state index contributed by atoms with van der Waals surface area (Å²) in [5.41, 5.74) is 6.36. The van der Waals surface area contributed by atoms with Gasteiger partial charge in [0.1, 0.15) is 17.0 Å². The maximum absolute atomic E-state index is 15.2. The first-order valence-corrected chi connectivity index (χ1v) is 10.5. The number of hydrogen-bond donors (Lipinski definition) is 0. The Kier molecular flexibility index (Phi) is 4.32. The minimum absolute atomic E-state index is 0.304. The van der Waals surface area contributed by atoms with Gasteiger partial charge in [0, 0.05) is 22.5 Å². The van der Waals surface area contributed by atoms with Crippen molar-refractivity contribution in [2.45, 2.75) is 0 Å². The highest BCUT2D eigenvalue weighted by Gasteiger charge is 2.19. The smallest absolute Gasteiger partial charge is 0.146 e. The zero-order valence-corrected chi connectivity index (χ0v) is 17.1. The normalized spacial score (nSPS) is 11.3. The molecule has 4 aromatic carbocycles. The van der Waals surface area contributed by atoms with Gasteiger partial charge in [-0.05, 0) is 53.1 Å². The van der Waals surface area contributed by atoms with Crippen LogP contribution >= 0.6 is 0 Å². The van der Waals surface area contributed by atoms with Gasteiger partial charge < -0.3 is 4.42 Å². The zero-order valence-electron chi connectivity index (χ0n) is 17.1. The van der Waals surface area contributed by atoms with Crippen LogP contribution in [0.25, 0.3) is 55.4 Å². The Bertz CT molecular complexity index is 1570. The molecule has 152 valence electrons. The molecule has 0 amide bonds. The number of pyridine rings is 1. The minimum atomic E-state index is -0.304. The summed E-state index contributed by atoms with van der Waals surface area (Å²) >= 11 is 0. The second-order valence-corrected chi connectivity index (χ2v) is 7.75. The Labute approximate surface area is 184 Å². The SMILES string of the molecule is Fc1ccc2c(oc3c(-c4ccccn4)cccc32)c1-c1cccc(-c2ccccc2)c1. The molecule has 0 aliphatic heterocycles. The summed E-state index contributed by atoms with van der Waals surface area (Å²) in [6, 6.07) is 33.1. The molecular weight excluding hydrogens is 397 g/mol. The molecule has 0 aliphatic rings. The van der Waals surface area contributed by atoms with Gasteiger partial charge in [0.15, 0.2) is 0 Å². The van der Waals surface area contributed by atoms with Crippen molar-refractivity contribution in [1.29, 1.82) is 0 Å². The van der Waals surface area contributed by atoms with Crippen LogP contribution in [0.1, 0.15) is 0 Å². The molecule has 0 bridgehead atoms. The summed E-state index contributed by atoms with van der Waals surface area (Å²) in [5, 5.41) is 1.84. The maximum atomic E-state index is 15.2. The number of benzene rings is 4. The van der Waals surface area contributed by atoms with Gasteiger partial charge in [-0.1, -0.05) is 66.7 Å². The lowest BCUT2D eigenvalue weighted by Crippen LogP contribution is -1.86. The highest BCUT2D eigenvalue weighted by atomic mass is 19.1. The molecule has 0 N–H and O–H groups in total. The van der Waals surface area contributed by atoms with Gasteiger partial charge in [-0.25, -0.2) is 4.39 Å². The lowest BCUT2D eigenvalue weighted by molar-refractivity contribution is 0.622. The maximum Gasteiger partial charge on any atom is 0.146 e. The first-order chi connectivity index (χ1) is 15.8. The van der Waals surface area contributed by atoms with Crippen LogP contribution in [0.2, 0.25) is 0 Å². The van der Waals surface area contributed by atoms with E-state index in [1.165, 1.54) is 6.07 Å². The first-order valence-electron chi connectivity index (χ1n) is 10.5. The first kappa shape index (κ1) is 18.5. The molecule has 0 aliphatic carbocycles. The largest absolute Gasteiger partial charge is 0.455 e.